The molecule has 30 heavy (non-hydrogen) atoms. The molecule has 1 aliphatic heterocycles. The Morgan fingerprint density at radius 3 is 2.83 bits per heavy atom. The summed E-state index contributed by atoms with van der Waals surface area (Å²) in [5.74, 6) is 1.26. The van der Waals surface area contributed by atoms with Crippen molar-refractivity contribution in [3.05, 3.63) is 47.2 Å². The summed E-state index contributed by atoms with van der Waals surface area (Å²) < 4.78 is 7.22. The summed E-state index contributed by atoms with van der Waals surface area (Å²) in [7, 11) is 0. The van der Waals surface area contributed by atoms with E-state index < -0.39 is 0 Å². The fourth-order valence-corrected chi connectivity index (χ4v) is 4.30. The number of thiophene rings is 1. The quantitative estimate of drug-likeness (QED) is 0.487. The van der Waals surface area contributed by atoms with Crippen molar-refractivity contribution in [3.63, 3.8) is 0 Å². The van der Waals surface area contributed by atoms with Crippen molar-refractivity contribution in [1.82, 2.24) is 34.9 Å². The Hall–Kier alpha value is -3.11. The first kappa shape index (κ1) is 18.9. The molecular weight excluding hydrogens is 402 g/mol. The third-order valence-electron chi connectivity index (χ3n) is 5.29. The van der Waals surface area contributed by atoms with Crippen LogP contribution in [0.2, 0.25) is 0 Å². The molecule has 0 aliphatic carbocycles. The maximum Gasteiger partial charge on any atom is 0.254 e. The zero-order chi connectivity index (χ0) is 20.5. The summed E-state index contributed by atoms with van der Waals surface area (Å²) in [6.07, 6.45) is 0. The van der Waals surface area contributed by atoms with E-state index in [1.54, 1.807) is 11.3 Å². The van der Waals surface area contributed by atoms with E-state index in [1.165, 1.54) is 0 Å². The van der Waals surface area contributed by atoms with E-state index in [2.05, 4.69) is 25.4 Å². The Morgan fingerprint density at radius 1 is 1.20 bits per heavy atom. The minimum absolute atomic E-state index is 0.0281. The number of rotatable bonds is 5. The Kier molecular flexibility index (Phi) is 5.01. The summed E-state index contributed by atoms with van der Waals surface area (Å²) in [6, 6.07) is 9.55. The maximum absolute atomic E-state index is 12.9. The number of carbonyl (C=O) groups excluding carboxylic acids is 1. The Bertz CT molecular complexity index is 1160. The van der Waals surface area contributed by atoms with Crippen LogP contribution in [0, 0.1) is 0 Å². The van der Waals surface area contributed by atoms with Gasteiger partial charge in [-0.05, 0) is 36.6 Å². The van der Waals surface area contributed by atoms with Crippen molar-refractivity contribution in [2.45, 2.75) is 20.0 Å². The lowest BCUT2D eigenvalue weighted by Crippen LogP contribution is -2.48. The molecule has 1 saturated heterocycles. The van der Waals surface area contributed by atoms with Crippen molar-refractivity contribution < 1.29 is 9.32 Å². The summed E-state index contributed by atoms with van der Waals surface area (Å²) in [5, 5.41) is 14.3. The molecule has 0 radical (unpaired) electrons. The van der Waals surface area contributed by atoms with Gasteiger partial charge in [-0.2, -0.15) is 4.98 Å². The number of aryl methyl sites for hydroxylation is 1. The van der Waals surface area contributed by atoms with Crippen LogP contribution in [0.5, 0.6) is 0 Å². The smallest absolute Gasteiger partial charge is 0.254 e. The molecule has 0 bridgehead atoms. The molecule has 1 aliphatic rings. The molecule has 10 heteroatoms. The van der Waals surface area contributed by atoms with E-state index in [9.17, 15) is 4.79 Å². The molecule has 154 valence electrons. The Labute approximate surface area is 176 Å². The molecule has 3 aromatic heterocycles. The van der Waals surface area contributed by atoms with E-state index >= 15 is 0 Å². The molecule has 0 atom stereocenters. The van der Waals surface area contributed by atoms with E-state index in [1.807, 2.05) is 52.2 Å². The average molecular weight is 424 g/mol. The molecule has 0 spiro atoms. The van der Waals surface area contributed by atoms with Crippen LogP contribution in [0.15, 0.2) is 40.2 Å². The highest BCUT2D eigenvalue weighted by Gasteiger charge is 2.24. The van der Waals surface area contributed by atoms with E-state index in [-0.39, 0.29) is 5.91 Å². The average Bonchev–Trinajstić information content (AvgIpc) is 3.53. The summed E-state index contributed by atoms with van der Waals surface area (Å²) in [6.45, 7) is 6.19. The predicted molar refractivity (Wildman–Crippen MR) is 112 cm³/mol. The van der Waals surface area contributed by atoms with Crippen LogP contribution in [0.4, 0.5) is 0 Å². The van der Waals surface area contributed by atoms with Gasteiger partial charge in [0.05, 0.1) is 16.9 Å². The first-order valence-electron chi connectivity index (χ1n) is 9.92. The minimum atomic E-state index is 0.0281. The van der Waals surface area contributed by atoms with Gasteiger partial charge in [0, 0.05) is 38.3 Å². The number of hydrogen-bond acceptors (Lipinski definition) is 8. The van der Waals surface area contributed by atoms with Crippen LogP contribution < -0.4 is 0 Å². The Balaban J connectivity index is 1.20. The number of aromatic nitrogens is 5. The molecule has 0 saturated carbocycles. The summed E-state index contributed by atoms with van der Waals surface area (Å²) in [4.78, 5) is 22.5. The highest BCUT2D eigenvalue weighted by atomic mass is 32.1. The van der Waals surface area contributed by atoms with Crippen molar-refractivity contribution in [2.75, 3.05) is 26.2 Å². The summed E-state index contributed by atoms with van der Waals surface area (Å²) >= 11 is 1.59. The van der Waals surface area contributed by atoms with E-state index in [0.29, 0.717) is 36.9 Å². The standard InChI is InChI=1S/C20H21N7O2S/c1-2-27-16-6-5-14(12-15(16)22-24-27)20(28)26-9-7-25(8-10-26)13-18-21-19(23-29-18)17-4-3-11-30-17/h3-6,11-12H,2,7-10,13H2,1H3. The number of hydrogen-bond donors (Lipinski definition) is 0. The van der Waals surface area contributed by atoms with Crippen molar-refractivity contribution in [3.8, 4) is 10.7 Å². The zero-order valence-electron chi connectivity index (χ0n) is 16.6. The topological polar surface area (TPSA) is 93.2 Å². The second-order valence-electron chi connectivity index (χ2n) is 7.17. The summed E-state index contributed by atoms with van der Waals surface area (Å²) in [5.41, 5.74) is 2.34. The van der Waals surface area contributed by atoms with Gasteiger partial charge >= 0.3 is 0 Å². The van der Waals surface area contributed by atoms with Gasteiger partial charge in [-0.3, -0.25) is 9.69 Å². The molecule has 1 aromatic carbocycles. The fraction of sp³-hybridized carbons (Fsp3) is 0.350. The number of fused-ring (bicyclic) bond motifs is 1. The number of amides is 1. The largest absolute Gasteiger partial charge is 0.338 e. The number of benzene rings is 1. The lowest BCUT2D eigenvalue weighted by Gasteiger charge is -2.34. The van der Waals surface area contributed by atoms with E-state index in [4.69, 9.17) is 4.52 Å². The van der Waals surface area contributed by atoms with Crippen LogP contribution in [-0.2, 0) is 13.1 Å². The number of piperazine rings is 1. The molecule has 0 N–H and O–H groups in total. The van der Waals surface area contributed by atoms with E-state index in [0.717, 1.165) is 35.5 Å². The lowest BCUT2D eigenvalue weighted by atomic mass is 10.1. The van der Waals surface area contributed by atoms with Crippen LogP contribution in [0.3, 0.4) is 0 Å². The van der Waals surface area contributed by atoms with Gasteiger partial charge in [-0.15, -0.1) is 16.4 Å². The second-order valence-corrected chi connectivity index (χ2v) is 8.11. The molecule has 4 aromatic rings. The van der Waals surface area contributed by atoms with Gasteiger partial charge in [-0.25, -0.2) is 4.68 Å². The van der Waals surface area contributed by atoms with Gasteiger partial charge in [-0.1, -0.05) is 16.4 Å². The molecular formula is C20H21N7O2S. The first-order valence-corrected chi connectivity index (χ1v) is 10.8. The minimum Gasteiger partial charge on any atom is -0.338 e. The van der Waals surface area contributed by atoms with Crippen molar-refractivity contribution in [2.24, 2.45) is 0 Å². The Morgan fingerprint density at radius 2 is 2.07 bits per heavy atom. The molecule has 5 rings (SSSR count). The highest BCUT2D eigenvalue weighted by Crippen LogP contribution is 2.22. The highest BCUT2D eigenvalue weighted by molar-refractivity contribution is 7.13. The van der Waals surface area contributed by atoms with Crippen LogP contribution in [0.1, 0.15) is 23.2 Å². The van der Waals surface area contributed by atoms with Gasteiger partial charge in [0.2, 0.25) is 11.7 Å². The zero-order valence-corrected chi connectivity index (χ0v) is 17.4. The molecule has 9 nitrogen and oxygen atoms in total. The monoisotopic (exact) mass is 423 g/mol. The van der Waals surface area contributed by atoms with Gasteiger partial charge < -0.3 is 9.42 Å². The SMILES string of the molecule is CCn1nnc2cc(C(=O)N3CCN(Cc4nc(-c5cccs5)no4)CC3)ccc21. The molecule has 1 amide bonds. The van der Waals surface area contributed by atoms with Crippen LogP contribution >= 0.6 is 11.3 Å². The lowest BCUT2D eigenvalue weighted by molar-refractivity contribution is 0.0615. The number of carbonyl (C=O) groups is 1. The maximum atomic E-state index is 12.9. The third-order valence-corrected chi connectivity index (χ3v) is 6.15. The molecule has 4 heterocycles. The van der Waals surface area contributed by atoms with Crippen LogP contribution in [0.25, 0.3) is 21.7 Å². The third kappa shape index (κ3) is 3.59. The normalized spacial score (nSPS) is 15.2. The van der Waals surface area contributed by atoms with Gasteiger partial charge in [0.1, 0.15) is 5.52 Å². The van der Waals surface area contributed by atoms with Crippen LogP contribution in [-0.4, -0.2) is 67.0 Å². The van der Waals surface area contributed by atoms with Gasteiger partial charge in [0.25, 0.3) is 5.91 Å². The predicted octanol–water partition coefficient (Wildman–Crippen LogP) is 2.52. The van der Waals surface area contributed by atoms with Gasteiger partial charge in [0.15, 0.2) is 0 Å². The first-order chi connectivity index (χ1) is 14.7. The second kappa shape index (κ2) is 7.96. The molecule has 0 unspecified atom stereocenters. The molecule has 1 fully saturated rings. The number of nitrogens with zero attached hydrogens (tertiary/aromatic N) is 7. The van der Waals surface area contributed by atoms with Crippen molar-refractivity contribution >= 4 is 28.3 Å². The fourth-order valence-electron chi connectivity index (χ4n) is 3.65. The van der Waals surface area contributed by atoms with Crippen molar-refractivity contribution in [1.29, 1.82) is 0 Å².